The zero-order valence-corrected chi connectivity index (χ0v) is 23.1. The molecule has 0 saturated carbocycles. The summed E-state index contributed by atoms with van der Waals surface area (Å²) in [5.41, 5.74) is -0.974. The van der Waals surface area contributed by atoms with Gasteiger partial charge in [-0.1, -0.05) is 49.4 Å². The number of hydrogen-bond donors (Lipinski definition) is 1. The molecule has 0 aliphatic carbocycles. The number of carbonyl (C=O) groups is 3. The maximum Gasteiger partial charge on any atom is 0.312 e. The molecule has 3 saturated heterocycles. The summed E-state index contributed by atoms with van der Waals surface area (Å²) in [5.74, 6) is -2.46. The predicted octanol–water partition coefficient (Wildman–Crippen LogP) is 3.64. The van der Waals surface area contributed by atoms with E-state index in [4.69, 9.17) is 9.47 Å². The van der Waals surface area contributed by atoms with Gasteiger partial charge in [0.25, 0.3) is 0 Å². The highest BCUT2D eigenvalue weighted by Gasteiger charge is 2.79. The summed E-state index contributed by atoms with van der Waals surface area (Å²) >= 11 is 0. The third-order valence-corrected chi connectivity index (χ3v) is 8.65. The SMILES string of the molecule is C=CCCCCOC(=O)[C@H]1[C@H]2C(=O)N(CCCO)C(C(=O)N(CC=C)Cc3ccccc3)C23CC[C@]1(CC)O3. The lowest BCUT2D eigenvalue weighted by Gasteiger charge is -2.37. The van der Waals surface area contributed by atoms with Gasteiger partial charge >= 0.3 is 5.97 Å². The smallest absolute Gasteiger partial charge is 0.312 e. The maximum absolute atomic E-state index is 14.3. The van der Waals surface area contributed by atoms with Crippen LogP contribution in [-0.4, -0.2) is 76.2 Å². The van der Waals surface area contributed by atoms with Gasteiger partial charge in [-0.3, -0.25) is 14.4 Å². The molecule has 39 heavy (non-hydrogen) atoms. The Labute approximate surface area is 231 Å². The van der Waals surface area contributed by atoms with Crippen LogP contribution in [0, 0.1) is 11.8 Å². The molecule has 3 aliphatic rings. The summed E-state index contributed by atoms with van der Waals surface area (Å²) in [6.07, 6.45) is 7.93. The summed E-state index contributed by atoms with van der Waals surface area (Å²) in [4.78, 5) is 45.2. The summed E-state index contributed by atoms with van der Waals surface area (Å²) in [6.45, 7) is 10.6. The summed E-state index contributed by atoms with van der Waals surface area (Å²) in [6, 6.07) is 8.80. The van der Waals surface area contributed by atoms with Crippen molar-refractivity contribution in [2.75, 3.05) is 26.3 Å². The molecule has 4 rings (SSSR count). The minimum Gasteiger partial charge on any atom is -0.465 e. The van der Waals surface area contributed by atoms with Crippen LogP contribution < -0.4 is 0 Å². The van der Waals surface area contributed by atoms with Crippen molar-refractivity contribution in [2.24, 2.45) is 11.8 Å². The van der Waals surface area contributed by atoms with Crippen molar-refractivity contribution in [1.82, 2.24) is 9.80 Å². The molecule has 3 aliphatic heterocycles. The minimum atomic E-state index is -1.11. The Morgan fingerprint density at radius 2 is 1.95 bits per heavy atom. The van der Waals surface area contributed by atoms with Gasteiger partial charge in [0.1, 0.15) is 17.6 Å². The van der Waals surface area contributed by atoms with Crippen LogP contribution in [0.15, 0.2) is 55.6 Å². The van der Waals surface area contributed by atoms with Crippen molar-refractivity contribution in [3.63, 3.8) is 0 Å². The van der Waals surface area contributed by atoms with Gasteiger partial charge in [-0.2, -0.15) is 0 Å². The first-order valence-corrected chi connectivity index (χ1v) is 14.2. The van der Waals surface area contributed by atoms with Crippen LogP contribution in [-0.2, 0) is 30.4 Å². The van der Waals surface area contributed by atoms with E-state index in [0.29, 0.717) is 45.2 Å². The van der Waals surface area contributed by atoms with E-state index in [1.165, 1.54) is 0 Å². The number of ether oxygens (including phenoxy) is 2. The molecule has 2 amide bonds. The number of esters is 1. The van der Waals surface area contributed by atoms with Crippen LogP contribution in [0.5, 0.6) is 0 Å². The second-order valence-electron chi connectivity index (χ2n) is 10.9. The van der Waals surface area contributed by atoms with Crippen molar-refractivity contribution < 1.29 is 29.0 Å². The molecule has 1 N–H and O–H groups in total. The molecule has 5 atom stereocenters. The number of fused-ring (bicyclic) bond motifs is 1. The average molecular weight is 539 g/mol. The Kier molecular flexibility index (Phi) is 9.28. The van der Waals surface area contributed by atoms with Gasteiger partial charge in [-0.25, -0.2) is 0 Å². The van der Waals surface area contributed by atoms with E-state index in [-0.39, 0.29) is 31.6 Å². The third-order valence-electron chi connectivity index (χ3n) is 8.65. The number of rotatable bonds is 15. The molecule has 212 valence electrons. The Hall–Kier alpha value is -2.97. The van der Waals surface area contributed by atoms with Crippen LogP contribution in [0.25, 0.3) is 0 Å². The van der Waals surface area contributed by atoms with Crippen LogP contribution in [0.1, 0.15) is 57.4 Å². The van der Waals surface area contributed by atoms with Crippen molar-refractivity contribution in [1.29, 1.82) is 0 Å². The number of amides is 2. The highest BCUT2D eigenvalue weighted by Crippen LogP contribution is 2.64. The molecule has 3 heterocycles. The summed E-state index contributed by atoms with van der Waals surface area (Å²) < 4.78 is 12.5. The maximum atomic E-state index is 14.3. The molecule has 0 radical (unpaired) electrons. The van der Waals surface area contributed by atoms with Crippen LogP contribution in [0.4, 0.5) is 0 Å². The van der Waals surface area contributed by atoms with Crippen molar-refractivity contribution in [3.05, 3.63) is 61.2 Å². The monoisotopic (exact) mass is 538 g/mol. The lowest BCUT2D eigenvalue weighted by Crippen LogP contribution is -2.56. The number of allylic oxidation sites excluding steroid dienone is 1. The van der Waals surface area contributed by atoms with Gasteiger partial charge in [0.05, 0.1) is 18.1 Å². The predicted molar refractivity (Wildman–Crippen MR) is 147 cm³/mol. The first-order valence-electron chi connectivity index (χ1n) is 14.2. The number of hydrogen-bond acceptors (Lipinski definition) is 6. The number of carbonyl (C=O) groups excluding carboxylic acids is 3. The largest absolute Gasteiger partial charge is 0.465 e. The van der Waals surface area contributed by atoms with Crippen LogP contribution in [0.2, 0.25) is 0 Å². The molecule has 8 nitrogen and oxygen atoms in total. The molecule has 1 spiro atoms. The van der Waals surface area contributed by atoms with Crippen molar-refractivity contribution >= 4 is 17.8 Å². The second-order valence-corrected chi connectivity index (χ2v) is 10.9. The summed E-state index contributed by atoms with van der Waals surface area (Å²) in [7, 11) is 0. The van der Waals surface area contributed by atoms with Crippen molar-refractivity contribution in [3.8, 4) is 0 Å². The molecule has 2 bridgehead atoms. The van der Waals surface area contributed by atoms with Gasteiger partial charge in [-0.15, -0.1) is 13.2 Å². The van der Waals surface area contributed by atoms with Crippen LogP contribution in [0.3, 0.4) is 0 Å². The van der Waals surface area contributed by atoms with Gasteiger partial charge in [0, 0.05) is 26.2 Å². The average Bonchev–Trinajstić information content (AvgIpc) is 3.55. The zero-order chi connectivity index (χ0) is 28.0. The fourth-order valence-electron chi connectivity index (χ4n) is 6.86. The number of aliphatic hydroxyl groups excluding tert-OH is 1. The molecule has 1 aromatic rings. The van der Waals surface area contributed by atoms with E-state index < -0.39 is 35.0 Å². The topological polar surface area (TPSA) is 96.4 Å². The van der Waals surface area contributed by atoms with E-state index in [1.54, 1.807) is 15.9 Å². The first-order chi connectivity index (χ1) is 18.9. The van der Waals surface area contributed by atoms with Crippen molar-refractivity contribution in [2.45, 2.75) is 75.7 Å². The third kappa shape index (κ3) is 5.29. The van der Waals surface area contributed by atoms with E-state index in [9.17, 15) is 19.5 Å². The Bertz CT molecular complexity index is 1060. The lowest BCUT2D eigenvalue weighted by atomic mass is 9.65. The minimum absolute atomic E-state index is 0.112. The normalized spacial score (nSPS) is 28.8. The number of nitrogens with zero attached hydrogens (tertiary/aromatic N) is 2. The Balaban J connectivity index is 1.67. The van der Waals surface area contributed by atoms with E-state index >= 15 is 0 Å². The van der Waals surface area contributed by atoms with Gasteiger partial charge in [0.15, 0.2) is 0 Å². The lowest BCUT2D eigenvalue weighted by molar-refractivity contribution is -0.162. The standard InChI is InChI=1S/C31H42N2O6/c1-4-7-8-12-21-38-29(37)25-24-27(35)33(19-13-20-34)26(31(24)17-16-30(25,6-3)39-31)28(36)32(18-5-2)22-23-14-10-9-11-15-23/h4-5,9-11,14-15,24-26,34H,1-2,6-8,12-13,16-22H2,3H3/t24-,25+,26?,30-,31?/m0/s1. The number of unbranched alkanes of at least 4 members (excludes halogenated alkanes) is 2. The molecule has 1 aromatic carbocycles. The molecule has 2 unspecified atom stereocenters. The fourth-order valence-corrected chi connectivity index (χ4v) is 6.86. The Morgan fingerprint density at radius 1 is 1.18 bits per heavy atom. The highest BCUT2D eigenvalue weighted by atomic mass is 16.6. The van der Waals surface area contributed by atoms with Gasteiger partial charge in [-0.05, 0) is 50.5 Å². The number of likely N-dealkylation sites (tertiary alicyclic amines) is 1. The number of aliphatic hydroxyl groups is 1. The zero-order valence-electron chi connectivity index (χ0n) is 23.1. The summed E-state index contributed by atoms with van der Waals surface area (Å²) in [5, 5.41) is 9.58. The molecular formula is C31H42N2O6. The van der Waals surface area contributed by atoms with Crippen LogP contribution >= 0.6 is 0 Å². The Morgan fingerprint density at radius 3 is 2.62 bits per heavy atom. The molecule has 0 aromatic heterocycles. The van der Waals surface area contributed by atoms with E-state index in [2.05, 4.69) is 13.2 Å². The first kappa shape index (κ1) is 29.0. The second kappa shape index (κ2) is 12.5. The fraction of sp³-hybridized carbons (Fsp3) is 0.581. The molecule has 3 fully saturated rings. The highest BCUT2D eigenvalue weighted by molar-refractivity contribution is 5.98. The quantitative estimate of drug-likeness (QED) is 0.208. The van der Waals surface area contributed by atoms with E-state index in [1.807, 2.05) is 43.3 Å². The van der Waals surface area contributed by atoms with Gasteiger partial charge < -0.3 is 24.4 Å². The molecular weight excluding hydrogens is 496 g/mol. The molecule has 8 heteroatoms. The number of benzene rings is 1. The van der Waals surface area contributed by atoms with Gasteiger partial charge in [0.2, 0.25) is 11.8 Å². The van der Waals surface area contributed by atoms with E-state index in [0.717, 1.165) is 18.4 Å².